The predicted octanol–water partition coefficient (Wildman–Crippen LogP) is 5.25. The summed E-state index contributed by atoms with van der Waals surface area (Å²) in [5, 5.41) is 30.9. The fourth-order valence-corrected chi connectivity index (χ4v) is 9.94. The lowest BCUT2D eigenvalue weighted by Gasteiger charge is -2.35. The number of rotatable bonds is 14. The minimum absolute atomic E-state index is 0.00177. The van der Waals surface area contributed by atoms with Crippen LogP contribution in [0.4, 0.5) is 0 Å². The molecule has 4 amide bonds. The van der Waals surface area contributed by atoms with Gasteiger partial charge in [-0.25, -0.2) is 4.79 Å². The summed E-state index contributed by atoms with van der Waals surface area (Å²) in [6, 6.07) is 21.7. The van der Waals surface area contributed by atoms with Crippen LogP contribution < -0.4 is 14.8 Å². The van der Waals surface area contributed by atoms with Gasteiger partial charge < -0.3 is 34.5 Å². The number of carboxylic acid groups (broad SMARTS) is 1. The Morgan fingerprint density at radius 2 is 1.55 bits per heavy atom. The monoisotopic (exact) mass is 895 g/mol. The van der Waals surface area contributed by atoms with Crippen molar-refractivity contribution in [2.24, 2.45) is 7.05 Å². The Labute approximate surface area is 381 Å². The van der Waals surface area contributed by atoms with Gasteiger partial charge in [-0.3, -0.25) is 33.7 Å². The van der Waals surface area contributed by atoms with Crippen LogP contribution in [-0.4, -0.2) is 127 Å². The van der Waals surface area contributed by atoms with Crippen molar-refractivity contribution in [1.29, 1.82) is 0 Å². The predicted molar refractivity (Wildman–Crippen MR) is 246 cm³/mol. The lowest BCUT2D eigenvalue weighted by Crippen LogP contribution is -2.55. The molecule has 3 N–H and O–H groups in total. The number of aromatic nitrogens is 3. The van der Waals surface area contributed by atoms with Gasteiger partial charge in [-0.15, -0.1) is 0 Å². The summed E-state index contributed by atoms with van der Waals surface area (Å²) < 4.78 is 16.0. The smallest absolute Gasteiger partial charge is 0.352 e. The number of imide groups is 1. The zero-order valence-corrected chi connectivity index (χ0v) is 37.5. The lowest BCUT2D eigenvalue weighted by molar-refractivity contribution is -0.135. The van der Waals surface area contributed by atoms with Crippen LogP contribution in [0, 0.1) is 20.8 Å². The summed E-state index contributed by atoms with van der Waals surface area (Å²) in [4.78, 5) is 71.3. The van der Waals surface area contributed by atoms with Gasteiger partial charge in [0.15, 0.2) is 6.61 Å². The first-order valence-electron chi connectivity index (χ1n) is 22.4. The second kappa shape index (κ2) is 18.1. The van der Waals surface area contributed by atoms with Gasteiger partial charge in [-0.2, -0.15) is 5.10 Å². The van der Waals surface area contributed by atoms with Crippen molar-refractivity contribution in [2.75, 3.05) is 45.9 Å². The van der Waals surface area contributed by atoms with E-state index in [2.05, 4.69) is 23.2 Å². The molecule has 0 bridgehead atoms. The number of aliphatic hydroxyl groups is 1. The van der Waals surface area contributed by atoms with Gasteiger partial charge in [0.05, 0.1) is 28.9 Å². The number of amides is 4. The lowest BCUT2D eigenvalue weighted by atomic mass is 9.94. The highest BCUT2D eigenvalue weighted by atomic mass is 16.5. The molecule has 342 valence electrons. The van der Waals surface area contributed by atoms with E-state index in [1.54, 1.807) is 11.0 Å². The molecule has 16 nitrogen and oxygen atoms in total. The third-order valence-corrected chi connectivity index (χ3v) is 13.3. The number of nitrogens with zero attached hydrogens (tertiary/aromatic N) is 6. The molecule has 9 rings (SSSR count). The van der Waals surface area contributed by atoms with E-state index >= 15 is 0 Å². The quantitative estimate of drug-likeness (QED) is 0.0958. The van der Waals surface area contributed by atoms with Crippen LogP contribution in [0.3, 0.4) is 0 Å². The minimum Gasteiger partial charge on any atom is -0.493 e. The number of carbonyl (C=O) groups is 5. The Hall–Kier alpha value is -7.04. The molecule has 0 radical (unpaired) electrons. The van der Waals surface area contributed by atoms with Crippen LogP contribution in [0.5, 0.6) is 11.5 Å². The number of hydrogen-bond acceptors (Lipinski definition) is 10. The van der Waals surface area contributed by atoms with Gasteiger partial charge >= 0.3 is 5.97 Å². The molecule has 3 aliphatic rings. The zero-order valence-electron chi connectivity index (χ0n) is 37.5. The highest BCUT2D eigenvalue weighted by molar-refractivity contribution is 6.24. The minimum atomic E-state index is -1.06. The zero-order chi connectivity index (χ0) is 46.4. The molecular formula is C50H53N7O9. The number of piperidine rings is 1. The van der Waals surface area contributed by atoms with Crippen molar-refractivity contribution in [3.8, 4) is 22.6 Å². The maximum Gasteiger partial charge on any atom is 0.352 e. The van der Waals surface area contributed by atoms with Gasteiger partial charge in [0.25, 0.3) is 17.7 Å². The molecule has 2 aromatic heterocycles. The van der Waals surface area contributed by atoms with Gasteiger partial charge in [-0.1, -0.05) is 54.6 Å². The second-order valence-electron chi connectivity index (χ2n) is 17.3. The normalized spacial score (nSPS) is 17.7. The Balaban J connectivity index is 0.899. The van der Waals surface area contributed by atoms with E-state index in [4.69, 9.17) is 14.6 Å². The molecule has 0 spiro atoms. The number of benzene rings is 4. The average molecular weight is 896 g/mol. The Morgan fingerprint density at radius 3 is 2.29 bits per heavy atom. The number of carbonyl (C=O) groups excluding carboxylic acids is 4. The number of aryl methyl sites for hydroxylation is 4. The summed E-state index contributed by atoms with van der Waals surface area (Å²) in [6.45, 7) is 8.92. The van der Waals surface area contributed by atoms with E-state index in [9.17, 15) is 34.2 Å². The third kappa shape index (κ3) is 8.04. The van der Waals surface area contributed by atoms with E-state index in [1.165, 1.54) is 12.1 Å². The Morgan fingerprint density at radius 1 is 0.803 bits per heavy atom. The fraction of sp³-hybridized carbons (Fsp3) is 0.360. The van der Waals surface area contributed by atoms with Crippen LogP contribution in [0.15, 0.2) is 72.8 Å². The fourth-order valence-electron chi connectivity index (χ4n) is 9.94. The first-order chi connectivity index (χ1) is 31.8. The summed E-state index contributed by atoms with van der Waals surface area (Å²) in [5.74, 6) is -2.35. The standard InChI is InChI=1S/C50H53N7O9/c1-29-17-18-35-34(14-9-27-65-38-15-7-11-32-10-5-6-12-33(32)38)46(50(63)64)56(45(35)42(29)43-30(2)52-53(4)31(43)3)26-23-54-21-24-55(25-22-54)41(59)28-66-39-16-8-13-36-44(39)49(62)57(48(36)61)37-19-20-40(58)51-47(37)60/h5-8,10-13,15-18,37,40,58H,9,14,19-28H2,1-4H3,(H,51,60)(H,63,64). The Bertz CT molecular complexity index is 2920. The Kier molecular flexibility index (Phi) is 12.1. The highest BCUT2D eigenvalue weighted by Gasteiger charge is 2.46. The maximum atomic E-state index is 13.6. The topological polar surface area (TPSA) is 189 Å². The van der Waals surface area contributed by atoms with E-state index in [-0.39, 0.29) is 47.9 Å². The number of fused-ring (bicyclic) bond motifs is 3. The first-order valence-corrected chi connectivity index (χ1v) is 22.4. The van der Waals surface area contributed by atoms with Crippen LogP contribution in [0.2, 0.25) is 0 Å². The molecule has 0 saturated carbocycles. The molecule has 5 heterocycles. The van der Waals surface area contributed by atoms with E-state index < -0.39 is 36.0 Å². The number of aromatic carboxylic acids is 1. The molecule has 3 aliphatic heterocycles. The van der Waals surface area contributed by atoms with Gasteiger partial charge in [-0.05, 0) is 81.2 Å². The van der Waals surface area contributed by atoms with E-state index in [0.717, 1.165) is 66.0 Å². The third-order valence-electron chi connectivity index (χ3n) is 13.3. The van der Waals surface area contributed by atoms with Gasteiger partial charge in [0.1, 0.15) is 29.5 Å². The van der Waals surface area contributed by atoms with Crippen LogP contribution in [0.25, 0.3) is 32.8 Å². The van der Waals surface area contributed by atoms with Crippen molar-refractivity contribution in [1.82, 2.24) is 34.4 Å². The number of carboxylic acids is 1. The SMILES string of the molecule is Cc1ccc2c(CCCOc3cccc4ccccc34)c(C(=O)O)n(CCN3CCN(C(=O)COc4cccc5c4C(=O)N(C4CCC(O)NC4=O)C5=O)CC3)c2c1-c1c(C)nn(C)c1C. The molecule has 2 unspecified atom stereocenters. The molecule has 2 atom stereocenters. The molecule has 16 heteroatoms. The molecule has 6 aromatic rings. The number of piperazine rings is 1. The summed E-state index contributed by atoms with van der Waals surface area (Å²) in [6.07, 6.45) is 0.364. The highest BCUT2D eigenvalue weighted by Crippen LogP contribution is 2.40. The molecule has 66 heavy (non-hydrogen) atoms. The summed E-state index contributed by atoms with van der Waals surface area (Å²) in [7, 11) is 1.92. The van der Waals surface area contributed by atoms with E-state index in [1.807, 2.05) is 78.7 Å². The van der Waals surface area contributed by atoms with Crippen LogP contribution >= 0.6 is 0 Å². The van der Waals surface area contributed by atoms with Gasteiger partial charge in [0, 0.05) is 73.9 Å². The first kappa shape index (κ1) is 44.2. The van der Waals surface area contributed by atoms with Crippen molar-refractivity contribution >= 4 is 51.3 Å². The maximum absolute atomic E-state index is 13.6. The molecule has 2 saturated heterocycles. The summed E-state index contributed by atoms with van der Waals surface area (Å²) >= 11 is 0. The number of ether oxygens (including phenoxy) is 2. The molecule has 2 fully saturated rings. The van der Waals surface area contributed by atoms with Gasteiger partial charge in [0.2, 0.25) is 5.91 Å². The number of aliphatic hydroxyl groups excluding tert-OH is 1. The average Bonchev–Trinajstić information content (AvgIpc) is 3.86. The number of hydrogen-bond donors (Lipinski definition) is 3. The summed E-state index contributed by atoms with van der Waals surface area (Å²) in [5.41, 5.74) is 6.78. The van der Waals surface area contributed by atoms with E-state index in [0.29, 0.717) is 58.7 Å². The second-order valence-corrected chi connectivity index (χ2v) is 17.3. The molecule has 0 aliphatic carbocycles. The van der Waals surface area contributed by atoms with Crippen molar-refractivity contribution in [3.05, 3.63) is 112 Å². The van der Waals surface area contributed by atoms with Crippen LogP contribution in [-0.2, 0) is 29.6 Å². The van der Waals surface area contributed by atoms with Crippen molar-refractivity contribution in [3.63, 3.8) is 0 Å². The molecular weight excluding hydrogens is 843 g/mol. The number of nitrogens with one attached hydrogen (secondary N) is 1. The van der Waals surface area contributed by atoms with Crippen molar-refractivity contribution < 1.29 is 43.7 Å². The largest absolute Gasteiger partial charge is 0.493 e. The van der Waals surface area contributed by atoms with Crippen LogP contribution in [0.1, 0.15) is 73.0 Å². The molecule has 4 aromatic carbocycles. The van der Waals surface area contributed by atoms with Crippen molar-refractivity contribution in [2.45, 2.75) is 65.3 Å².